The lowest BCUT2D eigenvalue weighted by Crippen LogP contribution is -2.30. The normalized spacial score (nSPS) is 18.8. The Balaban J connectivity index is 1.59. The molecule has 1 amide bonds. The van der Waals surface area contributed by atoms with Crippen LogP contribution in [0.15, 0.2) is 52.9 Å². The van der Waals surface area contributed by atoms with Gasteiger partial charge in [-0.25, -0.2) is 4.98 Å². The highest BCUT2D eigenvalue weighted by Crippen LogP contribution is 2.39. The van der Waals surface area contributed by atoms with Crippen LogP contribution in [0.1, 0.15) is 47.4 Å². The highest BCUT2D eigenvalue weighted by atomic mass is 32.2. The van der Waals surface area contributed by atoms with Gasteiger partial charge in [0.25, 0.3) is 5.56 Å². The minimum atomic E-state index is -0.466. The van der Waals surface area contributed by atoms with E-state index >= 15 is 0 Å². The highest BCUT2D eigenvalue weighted by molar-refractivity contribution is 8.00. The first-order chi connectivity index (χ1) is 15.5. The summed E-state index contributed by atoms with van der Waals surface area (Å²) in [6, 6.07) is 10.0. The maximum atomic E-state index is 13.6. The number of thioether (sulfide) groups is 1. The molecule has 3 aromatic rings. The number of allylic oxidation sites excluding steroid dienone is 1. The largest absolute Gasteiger partial charge is 0.352 e. The molecular formula is C25H27N3O2S2. The highest BCUT2D eigenvalue weighted by Gasteiger charge is 2.31. The summed E-state index contributed by atoms with van der Waals surface area (Å²) < 4.78 is 1.69. The number of carbonyl (C=O) groups is 1. The maximum Gasteiger partial charge on any atom is 0.263 e. The summed E-state index contributed by atoms with van der Waals surface area (Å²) in [4.78, 5) is 33.8. The van der Waals surface area contributed by atoms with Crippen molar-refractivity contribution in [3.05, 3.63) is 69.3 Å². The number of amides is 1. The van der Waals surface area contributed by atoms with E-state index in [9.17, 15) is 9.59 Å². The summed E-state index contributed by atoms with van der Waals surface area (Å²) in [5.41, 5.74) is 2.08. The Morgan fingerprint density at radius 1 is 1.34 bits per heavy atom. The molecule has 0 aliphatic heterocycles. The minimum Gasteiger partial charge on any atom is -0.352 e. The zero-order valence-electron chi connectivity index (χ0n) is 18.2. The number of thiophene rings is 1. The maximum absolute atomic E-state index is 13.6. The molecule has 0 unspecified atom stereocenters. The van der Waals surface area contributed by atoms with Crippen molar-refractivity contribution in [1.29, 1.82) is 0 Å². The van der Waals surface area contributed by atoms with Gasteiger partial charge in [-0.05, 0) is 49.1 Å². The SMILES string of the molecule is C=CCn1c(S[C@@H](C(=O)NC2CC2)c2ccccc2)nc2sc3c(c2c1=O)CC[C@@H](C)C3. The molecule has 5 rings (SSSR count). The summed E-state index contributed by atoms with van der Waals surface area (Å²) >= 11 is 3.01. The molecule has 0 bridgehead atoms. The molecule has 0 saturated heterocycles. The minimum absolute atomic E-state index is 0.0149. The van der Waals surface area contributed by atoms with Crippen LogP contribution < -0.4 is 10.9 Å². The van der Waals surface area contributed by atoms with E-state index in [2.05, 4.69) is 18.8 Å². The summed E-state index contributed by atoms with van der Waals surface area (Å²) in [6.45, 7) is 6.49. The van der Waals surface area contributed by atoms with E-state index in [0.717, 1.165) is 47.9 Å². The Morgan fingerprint density at radius 3 is 2.84 bits per heavy atom. The van der Waals surface area contributed by atoms with Gasteiger partial charge in [0, 0.05) is 17.5 Å². The van der Waals surface area contributed by atoms with Crippen LogP contribution in [0.4, 0.5) is 0 Å². The average molecular weight is 466 g/mol. The summed E-state index contributed by atoms with van der Waals surface area (Å²) in [6.07, 6.45) is 6.83. The second-order valence-corrected chi connectivity index (χ2v) is 11.0. The monoisotopic (exact) mass is 465 g/mol. The quantitative estimate of drug-likeness (QED) is 0.307. The zero-order chi connectivity index (χ0) is 22.2. The first-order valence-corrected chi connectivity index (χ1v) is 12.9. The number of benzene rings is 1. The number of rotatable bonds is 7. The van der Waals surface area contributed by atoms with E-state index < -0.39 is 5.25 Å². The van der Waals surface area contributed by atoms with Gasteiger partial charge < -0.3 is 5.32 Å². The van der Waals surface area contributed by atoms with Crippen molar-refractivity contribution in [2.45, 2.75) is 62.0 Å². The average Bonchev–Trinajstić information content (AvgIpc) is 3.52. The van der Waals surface area contributed by atoms with Gasteiger partial charge in [0.1, 0.15) is 10.1 Å². The van der Waals surface area contributed by atoms with Gasteiger partial charge in [0.2, 0.25) is 5.91 Å². The zero-order valence-corrected chi connectivity index (χ0v) is 19.8. The first kappa shape index (κ1) is 21.5. The standard InChI is InChI=1S/C25H27N3O2S2/c1-3-13-28-24(30)20-18-12-9-15(2)14-19(18)31-23(20)27-25(28)32-21(16-7-5-4-6-8-16)22(29)26-17-10-11-17/h3-8,15,17,21H,1,9-14H2,2H3,(H,26,29)/t15-,21-/m1/s1. The van der Waals surface area contributed by atoms with Gasteiger partial charge in [0.15, 0.2) is 5.16 Å². The van der Waals surface area contributed by atoms with Crippen LogP contribution in [0.2, 0.25) is 0 Å². The Morgan fingerprint density at radius 2 is 2.12 bits per heavy atom. The van der Waals surface area contributed by atoms with E-state index in [-0.39, 0.29) is 17.5 Å². The van der Waals surface area contributed by atoms with E-state index in [4.69, 9.17) is 4.98 Å². The van der Waals surface area contributed by atoms with E-state index in [1.807, 2.05) is 30.3 Å². The molecule has 32 heavy (non-hydrogen) atoms. The van der Waals surface area contributed by atoms with Crippen molar-refractivity contribution in [1.82, 2.24) is 14.9 Å². The van der Waals surface area contributed by atoms with Crippen LogP contribution in [0.5, 0.6) is 0 Å². The number of aromatic nitrogens is 2. The number of fused-ring (bicyclic) bond motifs is 3. The van der Waals surface area contributed by atoms with Crippen molar-refractivity contribution < 1.29 is 4.79 Å². The molecular weight excluding hydrogens is 438 g/mol. The second-order valence-electron chi connectivity index (χ2n) is 8.82. The lowest BCUT2D eigenvalue weighted by molar-refractivity contribution is -0.120. The fourth-order valence-electron chi connectivity index (χ4n) is 4.30. The van der Waals surface area contributed by atoms with Gasteiger partial charge in [0.05, 0.1) is 5.39 Å². The predicted molar refractivity (Wildman–Crippen MR) is 131 cm³/mol. The lowest BCUT2D eigenvalue weighted by atomic mass is 9.89. The third kappa shape index (κ3) is 4.16. The van der Waals surface area contributed by atoms with Crippen LogP contribution in [-0.4, -0.2) is 21.5 Å². The molecule has 1 saturated carbocycles. The number of aryl methyl sites for hydroxylation is 1. The first-order valence-electron chi connectivity index (χ1n) is 11.2. The summed E-state index contributed by atoms with van der Waals surface area (Å²) in [7, 11) is 0. The van der Waals surface area contributed by atoms with Gasteiger partial charge in [-0.3, -0.25) is 14.2 Å². The van der Waals surface area contributed by atoms with Gasteiger partial charge in [-0.2, -0.15) is 0 Å². The molecule has 5 nitrogen and oxygen atoms in total. The van der Waals surface area contributed by atoms with Crippen LogP contribution in [0.25, 0.3) is 10.2 Å². The van der Waals surface area contributed by atoms with Gasteiger partial charge in [-0.15, -0.1) is 17.9 Å². The molecule has 2 aromatic heterocycles. The molecule has 1 N–H and O–H groups in total. The molecule has 0 spiro atoms. The van der Waals surface area contributed by atoms with E-state index in [1.165, 1.54) is 22.2 Å². The number of hydrogen-bond acceptors (Lipinski definition) is 5. The number of nitrogens with zero attached hydrogens (tertiary/aromatic N) is 2. The van der Waals surface area contributed by atoms with Crippen LogP contribution >= 0.6 is 23.1 Å². The summed E-state index contributed by atoms with van der Waals surface area (Å²) in [5, 5.41) is 4.01. The number of carbonyl (C=O) groups excluding carboxylic acids is 1. The Bertz CT molecular complexity index is 1230. The lowest BCUT2D eigenvalue weighted by Gasteiger charge is -2.19. The van der Waals surface area contributed by atoms with Crippen molar-refractivity contribution >= 4 is 39.2 Å². The van der Waals surface area contributed by atoms with Crippen molar-refractivity contribution in [3.8, 4) is 0 Å². The second kappa shape index (κ2) is 8.87. The Labute approximate surface area is 195 Å². The van der Waals surface area contributed by atoms with Gasteiger partial charge >= 0.3 is 0 Å². The van der Waals surface area contributed by atoms with Crippen LogP contribution in [0, 0.1) is 5.92 Å². The van der Waals surface area contributed by atoms with Crippen molar-refractivity contribution in [3.63, 3.8) is 0 Å². The van der Waals surface area contributed by atoms with Crippen molar-refractivity contribution in [2.24, 2.45) is 5.92 Å². The fraction of sp³-hybridized carbons (Fsp3) is 0.400. The van der Waals surface area contributed by atoms with Crippen molar-refractivity contribution in [2.75, 3.05) is 0 Å². The Kier molecular flexibility index (Phi) is 5.95. The van der Waals surface area contributed by atoms with Gasteiger partial charge in [-0.1, -0.05) is 55.1 Å². The van der Waals surface area contributed by atoms with Crippen LogP contribution in [0.3, 0.4) is 0 Å². The predicted octanol–water partition coefficient (Wildman–Crippen LogP) is 4.88. The van der Waals surface area contributed by atoms with E-state index in [0.29, 0.717) is 17.6 Å². The molecule has 2 aliphatic carbocycles. The smallest absolute Gasteiger partial charge is 0.263 e. The topological polar surface area (TPSA) is 64.0 Å². The third-order valence-corrected chi connectivity index (χ3v) is 8.57. The molecule has 0 radical (unpaired) electrons. The number of hydrogen-bond donors (Lipinski definition) is 1. The molecule has 166 valence electrons. The number of nitrogens with one attached hydrogen (secondary N) is 1. The molecule has 2 aliphatic rings. The third-order valence-electron chi connectivity index (χ3n) is 6.18. The molecule has 7 heteroatoms. The van der Waals surface area contributed by atoms with E-state index in [1.54, 1.807) is 22.0 Å². The molecule has 1 fully saturated rings. The molecule has 1 aromatic carbocycles. The Hall–Kier alpha value is -2.38. The van der Waals surface area contributed by atoms with Crippen LogP contribution in [-0.2, 0) is 24.2 Å². The molecule has 2 heterocycles. The fourth-order valence-corrected chi connectivity index (χ4v) is 6.83. The summed E-state index contributed by atoms with van der Waals surface area (Å²) in [5.74, 6) is 0.607. The molecule has 2 atom stereocenters.